The van der Waals surface area contributed by atoms with Gasteiger partial charge in [0.15, 0.2) is 0 Å². The third-order valence-electron chi connectivity index (χ3n) is 11.8. The van der Waals surface area contributed by atoms with Crippen LogP contribution in [0, 0.1) is 0 Å². The van der Waals surface area contributed by atoms with Gasteiger partial charge in [-0.05, 0) is 132 Å². The zero-order valence-corrected chi connectivity index (χ0v) is 30.5. The van der Waals surface area contributed by atoms with E-state index < -0.39 is 0 Å². The molecular formula is C54H34N2. The molecule has 0 amide bonds. The van der Waals surface area contributed by atoms with Crippen molar-refractivity contribution >= 4 is 71.2 Å². The molecule has 0 atom stereocenters. The Morgan fingerprint density at radius 1 is 0.321 bits per heavy atom. The van der Waals surface area contributed by atoms with Crippen LogP contribution in [-0.4, -0.2) is 4.57 Å². The van der Waals surface area contributed by atoms with Crippen LogP contribution in [0.15, 0.2) is 206 Å². The van der Waals surface area contributed by atoms with Crippen molar-refractivity contribution in [3.63, 3.8) is 0 Å². The van der Waals surface area contributed by atoms with Crippen LogP contribution in [0.5, 0.6) is 0 Å². The lowest BCUT2D eigenvalue weighted by Gasteiger charge is -2.27. The smallest absolute Gasteiger partial charge is 0.0542 e. The minimum atomic E-state index is 1.11. The molecule has 0 spiro atoms. The summed E-state index contributed by atoms with van der Waals surface area (Å²) in [5.41, 5.74) is 14.5. The molecule has 1 heterocycles. The molecule has 56 heavy (non-hydrogen) atoms. The van der Waals surface area contributed by atoms with Crippen molar-refractivity contribution in [2.24, 2.45) is 0 Å². The van der Waals surface area contributed by atoms with Crippen LogP contribution in [0.1, 0.15) is 0 Å². The summed E-state index contributed by atoms with van der Waals surface area (Å²) in [6, 6.07) is 75.8. The summed E-state index contributed by atoms with van der Waals surface area (Å²) < 4.78 is 2.42. The molecule has 12 rings (SSSR count). The number of hydrogen-bond acceptors (Lipinski definition) is 1. The summed E-state index contributed by atoms with van der Waals surface area (Å²) in [4.78, 5) is 2.44. The lowest BCUT2D eigenvalue weighted by Crippen LogP contribution is -2.10. The summed E-state index contributed by atoms with van der Waals surface area (Å²) in [6.45, 7) is 0. The Morgan fingerprint density at radius 2 is 1.00 bits per heavy atom. The normalized spacial score (nSPS) is 11.9. The maximum atomic E-state index is 2.44. The van der Waals surface area contributed by atoms with Crippen molar-refractivity contribution in [1.82, 2.24) is 4.57 Å². The molecule has 1 aromatic heterocycles. The fraction of sp³-hybridized carbons (Fsp3) is 0. The number of nitrogens with zero attached hydrogens (tertiary/aromatic N) is 2. The molecule has 2 nitrogen and oxygen atoms in total. The zero-order valence-electron chi connectivity index (χ0n) is 30.5. The van der Waals surface area contributed by atoms with Crippen LogP contribution < -0.4 is 4.90 Å². The van der Waals surface area contributed by atoms with E-state index in [1.165, 1.54) is 87.5 Å². The van der Waals surface area contributed by atoms with Crippen LogP contribution in [0.25, 0.3) is 93.2 Å². The van der Waals surface area contributed by atoms with Crippen molar-refractivity contribution < 1.29 is 0 Å². The molecule has 260 valence electrons. The third kappa shape index (κ3) is 4.63. The predicted octanol–water partition coefficient (Wildman–Crippen LogP) is 15.0. The average molecular weight is 711 g/mol. The Balaban J connectivity index is 1.09. The molecule has 0 saturated heterocycles. The van der Waals surface area contributed by atoms with E-state index in [2.05, 4.69) is 216 Å². The largest absolute Gasteiger partial charge is 0.310 e. The second-order valence-electron chi connectivity index (χ2n) is 14.9. The minimum absolute atomic E-state index is 1.11. The van der Waals surface area contributed by atoms with Gasteiger partial charge in [-0.2, -0.15) is 0 Å². The van der Waals surface area contributed by atoms with Gasteiger partial charge < -0.3 is 9.47 Å². The minimum Gasteiger partial charge on any atom is -0.310 e. The van der Waals surface area contributed by atoms with Crippen molar-refractivity contribution in [3.8, 4) is 39.1 Å². The fourth-order valence-electron chi connectivity index (χ4n) is 9.33. The van der Waals surface area contributed by atoms with Gasteiger partial charge in [0.05, 0.1) is 11.0 Å². The van der Waals surface area contributed by atoms with E-state index in [4.69, 9.17) is 0 Å². The summed E-state index contributed by atoms with van der Waals surface area (Å²) in [5.74, 6) is 0. The van der Waals surface area contributed by atoms with Crippen LogP contribution in [-0.2, 0) is 0 Å². The molecule has 0 bridgehead atoms. The van der Waals surface area contributed by atoms with Gasteiger partial charge in [0.1, 0.15) is 0 Å². The van der Waals surface area contributed by atoms with E-state index in [1.54, 1.807) is 0 Å². The lowest BCUT2D eigenvalue weighted by atomic mass is 9.96. The Morgan fingerprint density at radius 3 is 1.91 bits per heavy atom. The second kappa shape index (κ2) is 12.0. The summed E-state index contributed by atoms with van der Waals surface area (Å²) >= 11 is 0. The number of anilines is 3. The molecule has 0 unspecified atom stereocenters. The van der Waals surface area contributed by atoms with Crippen molar-refractivity contribution in [2.75, 3.05) is 4.90 Å². The highest BCUT2D eigenvalue weighted by Gasteiger charge is 2.26. The average Bonchev–Trinajstić information content (AvgIpc) is 3.78. The first-order valence-corrected chi connectivity index (χ1v) is 19.3. The van der Waals surface area contributed by atoms with E-state index in [1.807, 2.05) is 0 Å². The summed E-state index contributed by atoms with van der Waals surface area (Å²) in [5, 5.41) is 10.2. The van der Waals surface area contributed by atoms with Crippen molar-refractivity contribution in [1.29, 1.82) is 0 Å². The maximum absolute atomic E-state index is 2.44. The van der Waals surface area contributed by atoms with Gasteiger partial charge in [-0.1, -0.05) is 140 Å². The first-order chi connectivity index (χ1) is 27.8. The predicted molar refractivity (Wildman–Crippen MR) is 238 cm³/mol. The SMILES string of the molecule is c1ccc(-c2cccc(N(c3ccc4c(c3)-c3cccc5cc6ccccc6c-4c35)c3ccc4c(c3)c3ccccc3n4-c3ccc4ccccc4c3)c2)cc1. The number of aromatic nitrogens is 1. The third-order valence-corrected chi connectivity index (χ3v) is 11.8. The monoisotopic (exact) mass is 710 g/mol. The molecule has 11 aromatic rings. The molecule has 0 aliphatic heterocycles. The first kappa shape index (κ1) is 31.0. The molecule has 10 aromatic carbocycles. The standard InChI is InChI=1S/C54H34N2/c1-2-12-35(13-3-1)38-17-10-19-41(31-38)55(43-26-28-48-49(33-43)47-22-11-18-40-30-39-16-6-7-20-45(39)54(48)53(40)47)44-27-29-52-50(34-44)46-21-8-9-23-51(46)56(52)42-25-24-36-14-4-5-15-37(36)32-42/h1-34H. The summed E-state index contributed by atoms with van der Waals surface area (Å²) in [7, 11) is 0. The molecule has 0 N–H and O–H groups in total. The van der Waals surface area contributed by atoms with Gasteiger partial charge >= 0.3 is 0 Å². The van der Waals surface area contributed by atoms with Crippen LogP contribution in [0.4, 0.5) is 17.1 Å². The molecule has 0 saturated carbocycles. The fourth-order valence-corrected chi connectivity index (χ4v) is 9.33. The molecule has 1 aliphatic rings. The second-order valence-corrected chi connectivity index (χ2v) is 14.9. The van der Waals surface area contributed by atoms with Gasteiger partial charge in [0.25, 0.3) is 0 Å². The van der Waals surface area contributed by atoms with Gasteiger partial charge in [0.2, 0.25) is 0 Å². The number of benzene rings is 10. The van der Waals surface area contributed by atoms with Gasteiger partial charge in [-0.3, -0.25) is 0 Å². The zero-order chi connectivity index (χ0) is 36.7. The Kier molecular flexibility index (Phi) is 6.66. The van der Waals surface area contributed by atoms with Crippen molar-refractivity contribution in [2.45, 2.75) is 0 Å². The van der Waals surface area contributed by atoms with Gasteiger partial charge in [-0.25, -0.2) is 0 Å². The van der Waals surface area contributed by atoms with E-state index >= 15 is 0 Å². The highest BCUT2D eigenvalue weighted by atomic mass is 15.1. The Hall–Kier alpha value is -7.42. The number of rotatable bonds is 5. The quantitative estimate of drug-likeness (QED) is 0.161. The Bertz CT molecular complexity index is 3370. The van der Waals surface area contributed by atoms with Gasteiger partial charge in [-0.15, -0.1) is 0 Å². The van der Waals surface area contributed by atoms with E-state index in [9.17, 15) is 0 Å². The number of para-hydroxylation sites is 1. The topological polar surface area (TPSA) is 8.17 Å². The van der Waals surface area contributed by atoms with Crippen LogP contribution in [0.2, 0.25) is 0 Å². The summed E-state index contributed by atoms with van der Waals surface area (Å²) in [6.07, 6.45) is 0. The van der Waals surface area contributed by atoms with E-state index in [0.29, 0.717) is 0 Å². The molecule has 2 heteroatoms. The number of fused-ring (bicyclic) bond motifs is 9. The molecule has 0 radical (unpaired) electrons. The highest BCUT2D eigenvalue weighted by molar-refractivity contribution is 6.24. The van der Waals surface area contributed by atoms with Gasteiger partial charge in [0, 0.05) is 33.5 Å². The molecule has 0 fully saturated rings. The lowest BCUT2D eigenvalue weighted by molar-refractivity contribution is 1.18. The number of hydrogen-bond donors (Lipinski definition) is 0. The highest BCUT2D eigenvalue weighted by Crippen LogP contribution is 2.52. The van der Waals surface area contributed by atoms with E-state index in [0.717, 1.165) is 22.7 Å². The maximum Gasteiger partial charge on any atom is 0.0542 e. The van der Waals surface area contributed by atoms with Crippen molar-refractivity contribution in [3.05, 3.63) is 206 Å². The Labute approximate surface area is 324 Å². The molecule has 1 aliphatic carbocycles. The van der Waals surface area contributed by atoms with E-state index in [-0.39, 0.29) is 0 Å². The molecular weight excluding hydrogens is 677 g/mol. The van der Waals surface area contributed by atoms with Crippen LogP contribution in [0.3, 0.4) is 0 Å². The van der Waals surface area contributed by atoms with Crippen LogP contribution >= 0.6 is 0 Å². The first-order valence-electron chi connectivity index (χ1n) is 19.3.